The van der Waals surface area contributed by atoms with E-state index < -0.39 is 0 Å². The molecule has 1 heterocycles. The van der Waals surface area contributed by atoms with E-state index in [1.165, 1.54) is 9.13 Å². The predicted molar refractivity (Wildman–Crippen MR) is 89.5 cm³/mol. The smallest absolute Gasteiger partial charge is 0.138 e. The van der Waals surface area contributed by atoms with Gasteiger partial charge in [-0.1, -0.05) is 26.0 Å². The Bertz CT molecular complexity index is 533. The molecule has 0 aliphatic carbocycles. The van der Waals surface area contributed by atoms with Crippen LogP contribution in [0.5, 0.6) is 0 Å². The molecule has 0 amide bonds. The van der Waals surface area contributed by atoms with Crippen molar-refractivity contribution in [2.24, 2.45) is 5.92 Å². The standard InChI is InChI=1S/C15H21IN4/c1-11(2)9-20-15(18-10-19-20)8-14(17-3)12-4-6-13(16)7-5-12/h4-7,10-11,14,17H,8-9H2,1-3H3. The Hall–Kier alpha value is -0.950. The highest BCUT2D eigenvalue weighted by Gasteiger charge is 2.14. The second kappa shape index (κ2) is 7.17. The predicted octanol–water partition coefficient (Wildman–Crippen LogP) is 3.04. The fraction of sp³-hybridized carbons (Fsp3) is 0.467. The molecule has 0 fully saturated rings. The molecule has 108 valence electrons. The van der Waals surface area contributed by atoms with Crippen LogP contribution in [-0.4, -0.2) is 21.8 Å². The van der Waals surface area contributed by atoms with Gasteiger partial charge in [-0.25, -0.2) is 9.67 Å². The van der Waals surface area contributed by atoms with Crippen LogP contribution < -0.4 is 5.32 Å². The SMILES string of the molecule is CNC(Cc1ncnn1CC(C)C)c1ccc(I)cc1. The number of hydrogen-bond acceptors (Lipinski definition) is 3. The summed E-state index contributed by atoms with van der Waals surface area (Å²) in [6, 6.07) is 8.89. The van der Waals surface area contributed by atoms with Crippen molar-refractivity contribution in [2.75, 3.05) is 7.05 Å². The molecule has 0 aliphatic heterocycles. The number of hydrogen-bond donors (Lipinski definition) is 1. The Morgan fingerprint density at radius 1 is 1.25 bits per heavy atom. The fourth-order valence-corrected chi connectivity index (χ4v) is 2.57. The zero-order valence-corrected chi connectivity index (χ0v) is 14.3. The van der Waals surface area contributed by atoms with Crippen LogP contribution in [0, 0.1) is 9.49 Å². The monoisotopic (exact) mass is 384 g/mol. The maximum absolute atomic E-state index is 4.41. The average molecular weight is 384 g/mol. The lowest BCUT2D eigenvalue weighted by atomic mass is 10.0. The van der Waals surface area contributed by atoms with E-state index in [1.807, 2.05) is 11.7 Å². The van der Waals surface area contributed by atoms with Crippen LogP contribution in [-0.2, 0) is 13.0 Å². The number of halogens is 1. The summed E-state index contributed by atoms with van der Waals surface area (Å²) in [5.74, 6) is 1.61. The van der Waals surface area contributed by atoms with E-state index in [-0.39, 0.29) is 6.04 Å². The van der Waals surface area contributed by atoms with Gasteiger partial charge in [0.15, 0.2) is 0 Å². The third kappa shape index (κ3) is 4.02. The number of benzene rings is 1. The fourth-order valence-electron chi connectivity index (χ4n) is 2.21. The lowest BCUT2D eigenvalue weighted by Crippen LogP contribution is -2.21. The van der Waals surface area contributed by atoms with Crippen LogP contribution >= 0.6 is 22.6 Å². The highest BCUT2D eigenvalue weighted by atomic mass is 127. The average Bonchev–Trinajstić information content (AvgIpc) is 2.83. The molecular formula is C15H21IN4. The van der Waals surface area contributed by atoms with Crippen molar-refractivity contribution in [1.82, 2.24) is 20.1 Å². The van der Waals surface area contributed by atoms with Crippen molar-refractivity contribution >= 4 is 22.6 Å². The van der Waals surface area contributed by atoms with Crippen LogP contribution in [0.4, 0.5) is 0 Å². The Morgan fingerprint density at radius 3 is 2.55 bits per heavy atom. The first-order valence-electron chi connectivity index (χ1n) is 6.89. The molecule has 1 aromatic carbocycles. The maximum atomic E-state index is 4.41. The molecule has 5 heteroatoms. The molecule has 0 bridgehead atoms. The summed E-state index contributed by atoms with van der Waals surface area (Å²) >= 11 is 2.33. The van der Waals surface area contributed by atoms with Crippen LogP contribution in [0.2, 0.25) is 0 Å². The minimum Gasteiger partial charge on any atom is -0.313 e. The van der Waals surface area contributed by atoms with Gasteiger partial charge in [-0.3, -0.25) is 0 Å². The Kier molecular flexibility index (Phi) is 5.54. The molecule has 0 saturated carbocycles. The lowest BCUT2D eigenvalue weighted by Gasteiger charge is -2.17. The van der Waals surface area contributed by atoms with Gasteiger partial charge < -0.3 is 5.32 Å². The van der Waals surface area contributed by atoms with E-state index in [9.17, 15) is 0 Å². The molecule has 0 spiro atoms. The van der Waals surface area contributed by atoms with Crippen molar-refractivity contribution in [3.63, 3.8) is 0 Å². The minimum atomic E-state index is 0.266. The summed E-state index contributed by atoms with van der Waals surface area (Å²) in [5.41, 5.74) is 1.28. The van der Waals surface area contributed by atoms with E-state index in [1.54, 1.807) is 6.33 Å². The summed E-state index contributed by atoms with van der Waals surface area (Å²) in [6.07, 6.45) is 2.50. The first-order valence-corrected chi connectivity index (χ1v) is 7.97. The number of rotatable bonds is 6. The van der Waals surface area contributed by atoms with Crippen molar-refractivity contribution in [3.05, 3.63) is 45.6 Å². The lowest BCUT2D eigenvalue weighted by molar-refractivity contribution is 0.451. The van der Waals surface area contributed by atoms with Crippen molar-refractivity contribution < 1.29 is 0 Å². The molecule has 2 aromatic rings. The molecule has 0 aliphatic rings. The van der Waals surface area contributed by atoms with Gasteiger partial charge in [-0.2, -0.15) is 5.10 Å². The second-order valence-corrected chi connectivity index (χ2v) is 6.59. The molecule has 1 N–H and O–H groups in total. The summed E-state index contributed by atoms with van der Waals surface area (Å²) in [7, 11) is 1.99. The first-order chi connectivity index (χ1) is 9.60. The number of nitrogens with zero attached hydrogens (tertiary/aromatic N) is 3. The van der Waals surface area contributed by atoms with Gasteiger partial charge in [-0.15, -0.1) is 0 Å². The van der Waals surface area contributed by atoms with Crippen LogP contribution in [0.1, 0.15) is 31.3 Å². The van der Waals surface area contributed by atoms with Crippen molar-refractivity contribution in [3.8, 4) is 0 Å². The Balaban J connectivity index is 2.14. The van der Waals surface area contributed by atoms with Gasteiger partial charge in [-0.05, 0) is 53.3 Å². The summed E-state index contributed by atoms with van der Waals surface area (Å²) in [4.78, 5) is 4.41. The zero-order chi connectivity index (χ0) is 14.5. The van der Waals surface area contributed by atoms with Gasteiger partial charge in [0.05, 0.1) is 0 Å². The van der Waals surface area contributed by atoms with Gasteiger partial charge in [0.25, 0.3) is 0 Å². The normalized spacial score (nSPS) is 12.8. The van der Waals surface area contributed by atoms with E-state index in [4.69, 9.17) is 0 Å². The second-order valence-electron chi connectivity index (χ2n) is 5.35. The van der Waals surface area contributed by atoms with E-state index >= 15 is 0 Å². The maximum Gasteiger partial charge on any atom is 0.138 e. The molecule has 1 unspecified atom stereocenters. The summed E-state index contributed by atoms with van der Waals surface area (Å²) in [6.45, 7) is 5.30. The van der Waals surface area contributed by atoms with E-state index in [0.29, 0.717) is 5.92 Å². The Labute approximate surface area is 134 Å². The van der Waals surface area contributed by atoms with Gasteiger partial charge in [0, 0.05) is 22.6 Å². The van der Waals surface area contributed by atoms with Gasteiger partial charge >= 0.3 is 0 Å². The summed E-state index contributed by atoms with van der Waals surface area (Å²) < 4.78 is 3.27. The molecule has 2 rings (SSSR count). The largest absolute Gasteiger partial charge is 0.313 e. The number of aromatic nitrogens is 3. The molecule has 1 aromatic heterocycles. The highest BCUT2D eigenvalue weighted by Crippen LogP contribution is 2.18. The summed E-state index contributed by atoms with van der Waals surface area (Å²) in [5, 5.41) is 7.70. The van der Waals surface area contributed by atoms with Gasteiger partial charge in [0.1, 0.15) is 12.2 Å². The third-order valence-corrected chi connectivity index (χ3v) is 3.96. The van der Waals surface area contributed by atoms with Gasteiger partial charge in [0.2, 0.25) is 0 Å². The third-order valence-electron chi connectivity index (χ3n) is 3.24. The van der Waals surface area contributed by atoms with Crippen molar-refractivity contribution in [1.29, 1.82) is 0 Å². The molecule has 0 radical (unpaired) electrons. The minimum absolute atomic E-state index is 0.266. The molecule has 0 saturated heterocycles. The topological polar surface area (TPSA) is 42.7 Å². The quantitative estimate of drug-likeness (QED) is 0.779. The van der Waals surface area contributed by atoms with Crippen LogP contribution in [0.25, 0.3) is 0 Å². The van der Waals surface area contributed by atoms with Crippen molar-refractivity contribution in [2.45, 2.75) is 32.9 Å². The molecule has 20 heavy (non-hydrogen) atoms. The van der Waals surface area contributed by atoms with Crippen LogP contribution in [0.15, 0.2) is 30.6 Å². The molecule has 4 nitrogen and oxygen atoms in total. The Morgan fingerprint density at radius 2 is 1.95 bits per heavy atom. The highest BCUT2D eigenvalue weighted by molar-refractivity contribution is 14.1. The van der Waals surface area contributed by atoms with E-state index in [0.717, 1.165) is 18.8 Å². The number of nitrogens with one attached hydrogen (secondary N) is 1. The zero-order valence-electron chi connectivity index (χ0n) is 12.2. The molecule has 1 atom stereocenters. The van der Waals surface area contributed by atoms with E-state index in [2.05, 4.69) is 76.1 Å². The number of likely N-dealkylation sites (N-methyl/N-ethyl adjacent to an activating group) is 1. The molecular weight excluding hydrogens is 363 g/mol. The van der Waals surface area contributed by atoms with Crippen LogP contribution in [0.3, 0.4) is 0 Å². The first kappa shape index (κ1) is 15.4.